The van der Waals surface area contributed by atoms with Gasteiger partial charge in [0, 0.05) is 6.54 Å². The molecule has 20 heavy (non-hydrogen) atoms. The van der Waals surface area contributed by atoms with Crippen molar-refractivity contribution in [3.05, 3.63) is 52.8 Å². The molecule has 0 aliphatic heterocycles. The van der Waals surface area contributed by atoms with Crippen LogP contribution in [-0.2, 0) is 19.4 Å². The second-order valence-electron chi connectivity index (χ2n) is 5.05. The molecule has 1 atom stereocenters. The van der Waals surface area contributed by atoms with Gasteiger partial charge in [0.1, 0.15) is 0 Å². The highest BCUT2D eigenvalue weighted by molar-refractivity contribution is 5.32. The van der Waals surface area contributed by atoms with Crippen LogP contribution in [0.1, 0.15) is 49.3 Å². The number of hydrogen-bond acceptors (Lipinski definition) is 2. The third-order valence-electron chi connectivity index (χ3n) is 3.80. The number of nitrogens with one attached hydrogen (secondary N) is 1. The number of hydrogen-bond donors (Lipinski definition) is 1. The van der Waals surface area contributed by atoms with Crippen LogP contribution in [0.2, 0.25) is 0 Å². The first-order valence-corrected chi connectivity index (χ1v) is 7.56. The van der Waals surface area contributed by atoms with Crippen molar-refractivity contribution in [2.24, 2.45) is 0 Å². The number of aromatic nitrogens is 2. The van der Waals surface area contributed by atoms with Crippen LogP contribution in [0.3, 0.4) is 0 Å². The molecule has 1 N–H and O–H groups in total. The van der Waals surface area contributed by atoms with Gasteiger partial charge in [0.25, 0.3) is 0 Å². The number of benzene rings is 1. The predicted octanol–water partition coefficient (Wildman–Crippen LogP) is 3.34. The summed E-state index contributed by atoms with van der Waals surface area (Å²) in [6.45, 7) is 7.39. The first-order valence-electron chi connectivity index (χ1n) is 7.56. The van der Waals surface area contributed by atoms with E-state index in [1.54, 1.807) is 0 Å². The lowest BCUT2D eigenvalue weighted by molar-refractivity contribution is 0.560. The van der Waals surface area contributed by atoms with Crippen LogP contribution in [0.15, 0.2) is 30.3 Å². The van der Waals surface area contributed by atoms with Gasteiger partial charge in [0.05, 0.1) is 17.4 Å². The van der Waals surface area contributed by atoms with Crippen molar-refractivity contribution in [3.8, 4) is 0 Å². The zero-order chi connectivity index (χ0) is 14.5. The van der Waals surface area contributed by atoms with E-state index in [1.165, 1.54) is 16.8 Å². The van der Waals surface area contributed by atoms with Gasteiger partial charge >= 0.3 is 0 Å². The first kappa shape index (κ1) is 14.8. The quantitative estimate of drug-likeness (QED) is 0.873. The van der Waals surface area contributed by atoms with Gasteiger partial charge in [-0.15, -0.1) is 0 Å². The van der Waals surface area contributed by atoms with Crippen molar-refractivity contribution in [2.45, 2.75) is 46.2 Å². The summed E-state index contributed by atoms with van der Waals surface area (Å²) in [4.78, 5) is 0. The lowest BCUT2D eigenvalue weighted by Gasteiger charge is -2.18. The number of aryl methyl sites for hydroxylation is 3. The van der Waals surface area contributed by atoms with Gasteiger partial charge in [-0.05, 0) is 44.0 Å². The van der Waals surface area contributed by atoms with Crippen molar-refractivity contribution in [3.63, 3.8) is 0 Å². The summed E-state index contributed by atoms with van der Waals surface area (Å²) in [5.41, 5.74) is 5.10. The molecule has 0 spiro atoms. The Bertz CT molecular complexity index is 557. The largest absolute Gasteiger partial charge is 0.308 e. The molecule has 3 nitrogen and oxygen atoms in total. The summed E-state index contributed by atoms with van der Waals surface area (Å²) in [7, 11) is 2.02. The van der Waals surface area contributed by atoms with E-state index in [0.29, 0.717) is 0 Å². The third-order valence-corrected chi connectivity index (χ3v) is 3.80. The molecule has 2 aromatic rings. The van der Waals surface area contributed by atoms with E-state index in [4.69, 9.17) is 0 Å². The molecule has 1 aromatic carbocycles. The summed E-state index contributed by atoms with van der Waals surface area (Å²) in [5, 5.41) is 8.10. The lowest BCUT2D eigenvalue weighted by atomic mass is 10.00. The van der Waals surface area contributed by atoms with E-state index in [2.05, 4.69) is 66.2 Å². The molecule has 2 rings (SSSR count). The van der Waals surface area contributed by atoms with Crippen LogP contribution in [0.5, 0.6) is 0 Å². The molecule has 1 heterocycles. The van der Waals surface area contributed by atoms with E-state index >= 15 is 0 Å². The minimum Gasteiger partial charge on any atom is -0.308 e. The molecule has 3 heteroatoms. The molecule has 0 amide bonds. The van der Waals surface area contributed by atoms with Crippen LogP contribution in [-0.4, -0.2) is 16.8 Å². The minimum atomic E-state index is 0.203. The normalized spacial score (nSPS) is 12.6. The van der Waals surface area contributed by atoms with Crippen LogP contribution >= 0.6 is 0 Å². The van der Waals surface area contributed by atoms with Crippen molar-refractivity contribution in [1.82, 2.24) is 15.1 Å². The Morgan fingerprint density at radius 3 is 2.55 bits per heavy atom. The van der Waals surface area contributed by atoms with Gasteiger partial charge in [-0.2, -0.15) is 5.10 Å². The van der Waals surface area contributed by atoms with E-state index in [1.807, 2.05) is 7.05 Å². The van der Waals surface area contributed by atoms with Crippen LogP contribution in [0, 0.1) is 0 Å². The smallest absolute Gasteiger partial charge is 0.0746 e. The Hall–Kier alpha value is -1.61. The molecule has 0 radical (unpaired) electrons. The maximum absolute atomic E-state index is 4.66. The third kappa shape index (κ3) is 2.93. The Balaban J connectivity index is 2.43. The monoisotopic (exact) mass is 271 g/mol. The van der Waals surface area contributed by atoms with Crippen molar-refractivity contribution < 1.29 is 0 Å². The Morgan fingerprint density at radius 1 is 1.15 bits per heavy atom. The van der Waals surface area contributed by atoms with E-state index < -0.39 is 0 Å². The highest BCUT2D eigenvalue weighted by Crippen LogP contribution is 2.24. The molecule has 0 saturated heterocycles. The molecule has 0 bridgehead atoms. The lowest BCUT2D eigenvalue weighted by Crippen LogP contribution is -2.21. The molecule has 0 fully saturated rings. The van der Waals surface area contributed by atoms with Crippen molar-refractivity contribution in [1.29, 1.82) is 0 Å². The molecule has 0 aliphatic rings. The Labute approximate surface area is 122 Å². The minimum absolute atomic E-state index is 0.203. The topological polar surface area (TPSA) is 29.9 Å². The van der Waals surface area contributed by atoms with Crippen LogP contribution < -0.4 is 5.32 Å². The number of rotatable bonds is 6. The van der Waals surface area contributed by atoms with Crippen LogP contribution in [0.4, 0.5) is 0 Å². The van der Waals surface area contributed by atoms with Gasteiger partial charge < -0.3 is 5.32 Å². The van der Waals surface area contributed by atoms with Gasteiger partial charge in [-0.25, -0.2) is 0 Å². The standard InChI is InChI=1S/C17H25N3/c1-5-13-9-8-10-14(11-13)17(18-4)16-12-15(6-2)19-20(16)7-3/h8-12,17-18H,5-7H2,1-4H3. The first-order chi connectivity index (χ1) is 9.73. The fourth-order valence-corrected chi connectivity index (χ4v) is 2.62. The molecular weight excluding hydrogens is 246 g/mol. The second kappa shape index (κ2) is 6.71. The summed E-state index contributed by atoms with van der Waals surface area (Å²) in [6.07, 6.45) is 2.04. The molecular formula is C17H25N3. The maximum Gasteiger partial charge on any atom is 0.0746 e. The summed E-state index contributed by atoms with van der Waals surface area (Å²) in [5.74, 6) is 0. The zero-order valence-corrected chi connectivity index (χ0v) is 13.0. The summed E-state index contributed by atoms with van der Waals surface area (Å²) in [6, 6.07) is 11.2. The Kier molecular flexibility index (Phi) is 4.96. The second-order valence-corrected chi connectivity index (χ2v) is 5.05. The average Bonchev–Trinajstić information content (AvgIpc) is 2.91. The molecule has 1 aromatic heterocycles. The van der Waals surface area contributed by atoms with Gasteiger partial charge in [-0.3, -0.25) is 4.68 Å². The Morgan fingerprint density at radius 2 is 1.95 bits per heavy atom. The predicted molar refractivity (Wildman–Crippen MR) is 84.0 cm³/mol. The maximum atomic E-state index is 4.66. The van der Waals surface area contributed by atoms with Gasteiger partial charge in [0.15, 0.2) is 0 Å². The fourth-order valence-electron chi connectivity index (χ4n) is 2.62. The summed E-state index contributed by atoms with van der Waals surface area (Å²) < 4.78 is 2.11. The molecule has 0 aliphatic carbocycles. The average molecular weight is 271 g/mol. The van der Waals surface area contributed by atoms with Crippen LogP contribution in [0.25, 0.3) is 0 Å². The highest BCUT2D eigenvalue weighted by Gasteiger charge is 2.18. The van der Waals surface area contributed by atoms with Crippen molar-refractivity contribution in [2.75, 3.05) is 7.05 Å². The van der Waals surface area contributed by atoms with Crippen molar-refractivity contribution >= 4 is 0 Å². The van der Waals surface area contributed by atoms with E-state index in [-0.39, 0.29) is 6.04 Å². The van der Waals surface area contributed by atoms with E-state index in [9.17, 15) is 0 Å². The highest BCUT2D eigenvalue weighted by atomic mass is 15.3. The molecule has 108 valence electrons. The number of nitrogens with zero attached hydrogens (tertiary/aromatic N) is 2. The molecule has 1 unspecified atom stereocenters. The molecule has 0 saturated carbocycles. The van der Waals surface area contributed by atoms with Gasteiger partial charge in [0.2, 0.25) is 0 Å². The fraction of sp³-hybridized carbons (Fsp3) is 0.471. The SMILES string of the molecule is CCc1cccc(C(NC)c2cc(CC)nn2CC)c1. The summed E-state index contributed by atoms with van der Waals surface area (Å²) >= 11 is 0. The zero-order valence-electron chi connectivity index (χ0n) is 13.0. The van der Waals surface area contributed by atoms with E-state index in [0.717, 1.165) is 25.1 Å². The van der Waals surface area contributed by atoms with Gasteiger partial charge in [-0.1, -0.05) is 38.1 Å².